The molecule has 4 nitrogen and oxygen atoms in total. The van der Waals surface area contributed by atoms with Crippen molar-refractivity contribution in [2.75, 3.05) is 29.7 Å². The minimum absolute atomic E-state index is 0.212. The zero-order chi connectivity index (χ0) is 14.8. The highest BCUT2D eigenvalue weighted by Gasteiger charge is 2.19. The molecule has 0 aliphatic heterocycles. The number of unbranched alkanes of at least 4 members (excludes halogenated alkanes) is 1. The van der Waals surface area contributed by atoms with Crippen LogP contribution in [0.4, 0.5) is 5.69 Å². The van der Waals surface area contributed by atoms with E-state index in [2.05, 4.69) is 12.2 Å². The minimum atomic E-state index is -3.21. The standard InChI is InChI=1S/C15H26N2O2S/c1-3-12-16-13-8-9-14-20(18,19)17(4-2)15-10-6-5-7-11-15/h5-7,10-11,16H,3-4,8-9,12-14H2,1-2H3. The van der Waals surface area contributed by atoms with Crippen LogP contribution in [-0.2, 0) is 10.0 Å². The molecule has 0 saturated carbocycles. The van der Waals surface area contributed by atoms with Crippen LogP contribution >= 0.6 is 0 Å². The summed E-state index contributed by atoms with van der Waals surface area (Å²) in [4.78, 5) is 0. The highest BCUT2D eigenvalue weighted by Crippen LogP contribution is 2.18. The number of rotatable bonds is 10. The lowest BCUT2D eigenvalue weighted by molar-refractivity contribution is 0.582. The molecule has 0 atom stereocenters. The summed E-state index contributed by atoms with van der Waals surface area (Å²) >= 11 is 0. The summed E-state index contributed by atoms with van der Waals surface area (Å²) in [5, 5.41) is 3.29. The molecule has 0 radical (unpaired) electrons. The summed E-state index contributed by atoms with van der Waals surface area (Å²) in [6.45, 7) is 6.35. The van der Waals surface area contributed by atoms with Gasteiger partial charge in [-0.05, 0) is 51.4 Å². The monoisotopic (exact) mass is 298 g/mol. The summed E-state index contributed by atoms with van der Waals surface area (Å²) in [7, 11) is -3.21. The quantitative estimate of drug-likeness (QED) is 0.676. The SMILES string of the molecule is CCCNCCCCS(=O)(=O)N(CC)c1ccccc1. The number of para-hydroxylation sites is 1. The molecule has 0 heterocycles. The molecule has 0 fully saturated rings. The molecule has 0 aliphatic carbocycles. The van der Waals surface area contributed by atoms with Crippen molar-refractivity contribution in [2.45, 2.75) is 33.1 Å². The molecule has 0 spiro atoms. The van der Waals surface area contributed by atoms with Crippen LogP contribution in [0.1, 0.15) is 33.1 Å². The lowest BCUT2D eigenvalue weighted by atomic mass is 10.3. The van der Waals surface area contributed by atoms with Crippen molar-refractivity contribution in [3.8, 4) is 0 Å². The molecular formula is C15H26N2O2S. The fourth-order valence-corrected chi connectivity index (χ4v) is 3.71. The van der Waals surface area contributed by atoms with Crippen LogP contribution in [0.25, 0.3) is 0 Å². The number of nitrogens with one attached hydrogen (secondary N) is 1. The van der Waals surface area contributed by atoms with Gasteiger partial charge in [-0.2, -0.15) is 0 Å². The predicted octanol–water partition coefficient (Wildman–Crippen LogP) is 2.62. The molecular weight excluding hydrogens is 272 g/mol. The Labute approximate surface area is 123 Å². The molecule has 0 aliphatic rings. The van der Waals surface area contributed by atoms with Gasteiger partial charge in [0.1, 0.15) is 0 Å². The molecule has 20 heavy (non-hydrogen) atoms. The molecule has 114 valence electrons. The molecule has 1 N–H and O–H groups in total. The van der Waals surface area contributed by atoms with Crippen molar-refractivity contribution >= 4 is 15.7 Å². The van der Waals surface area contributed by atoms with Gasteiger partial charge in [-0.25, -0.2) is 8.42 Å². The van der Waals surface area contributed by atoms with Gasteiger partial charge in [-0.3, -0.25) is 4.31 Å². The van der Waals surface area contributed by atoms with E-state index in [4.69, 9.17) is 0 Å². The van der Waals surface area contributed by atoms with Crippen LogP contribution < -0.4 is 9.62 Å². The van der Waals surface area contributed by atoms with Crippen molar-refractivity contribution in [2.24, 2.45) is 0 Å². The summed E-state index contributed by atoms with van der Waals surface area (Å²) in [5.74, 6) is 0.212. The van der Waals surface area contributed by atoms with E-state index in [1.165, 1.54) is 4.31 Å². The topological polar surface area (TPSA) is 49.4 Å². The van der Waals surface area contributed by atoms with E-state index in [1.807, 2.05) is 37.3 Å². The second kappa shape index (κ2) is 8.97. The van der Waals surface area contributed by atoms with Gasteiger partial charge in [-0.15, -0.1) is 0 Å². The number of benzene rings is 1. The van der Waals surface area contributed by atoms with Gasteiger partial charge in [0.15, 0.2) is 0 Å². The van der Waals surface area contributed by atoms with Crippen LogP contribution in [-0.4, -0.2) is 33.8 Å². The lowest BCUT2D eigenvalue weighted by Crippen LogP contribution is -2.33. The van der Waals surface area contributed by atoms with Crippen LogP contribution in [0.5, 0.6) is 0 Å². The van der Waals surface area contributed by atoms with Gasteiger partial charge < -0.3 is 5.32 Å². The fraction of sp³-hybridized carbons (Fsp3) is 0.600. The molecule has 1 rings (SSSR count). The molecule has 1 aromatic carbocycles. The average molecular weight is 298 g/mol. The third-order valence-electron chi connectivity index (χ3n) is 3.10. The molecule has 1 aromatic rings. The predicted molar refractivity (Wildman–Crippen MR) is 85.6 cm³/mol. The van der Waals surface area contributed by atoms with Crippen LogP contribution in [0, 0.1) is 0 Å². The molecule has 0 saturated heterocycles. The van der Waals surface area contributed by atoms with Gasteiger partial charge in [0.25, 0.3) is 0 Å². The normalized spacial score (nSPS) is 11.5. The fourth-order valence-electron chi connectivity index (χ4n) is 2.08. The molecule has 0 unspecified atom stereocenters. The second-order valence-corrected chi connectivity index (χ2v) is 6.79. The number of hydrogen-bond donors (Lipinski definition) is 1. The van der Waals surface area contributed by atoms with Crippen molar-refractivity contribution in [3.63, 3.8) is 0 Å². The van der Waals surface area contributed by atoms with E-state index in [-0.39, 0.29) is 5.75 Å². The molecule has 5 heteroatoms. The maximum absolute atomic E-state index is 12.4. The van der Waals surface area contributed by atoms with Crippen molar-refractivity contribution < 1.29 is 8.42 Å². The zero-order valence-corrected chi connectivity index (χ0v) is 13.3. The van der Waals surface area contributed by atoms with E-state index >= 15 is 0 Å². The summed E-state index contributed by atoms with van der Waals surface area (Å²) in [5.41, 5.74) is 0.749. The highest BCUT2D eigenvalue weighted by molar-refractivity contribution is 7.92. The molecule has 0 bridgehead atoms. The summed E-state index contributed by atoms with van der Waals surface area (Å²) in [6.07, 6.45) is 2.70. The Morgan fingerprint density at radius 3 is 2.35 bits per heavy atom. The highest BCUT2D eigenvalue weighted by atomic mass is 32.2. The maximum Gasteiger partial charge on any atom is 0.235 e. The lowest BCUT2D eigenvalue weighted by Gasteiger charge is -2.22. The van der Waals surface area contributed by atoms with Crippen LogP contribution in [0.3, 0.4) is 0 Å². The minimum Gasteiger partial charge on any atom is -0.317 e. The average Bonchev–Trinajstić information content (AvgIpc) is 2.44. The Hall–Kier alpha value is -1.07. The first kappa shape index (κ1) is 17.0. The first-order valence-electron chi connectivity index (χ1n) is 7.38. The molecule has 0 amide bonds. The maximum atomic E-state index is 12.4. The first-order valence-corrected chi connectivity index (χ1v) is 8.99. The summed E-state index contributed by atoms with van der Waals surface area (Å²) in [6, 6.07) is 9.29. The zero-order valence-electron chi connectivity index (χ0n) is 12.5. The number of anilines is 1. The van der Waals surface area contributed by atoms with Crippen LogP contribution in [0.15, 0.2) is 30.3 Å². The number of sulfonamides is 1. The Kier molecular flexibility index (Phi) is 7.62. The number of hydrogen-bond acceptors (Lipinski definition) is 3. The van der Waals surface area contributed by atoms with Gasteiger partial charge in [-0.1, -0.05) is 25.1 Å². The Balaban J connectivity index is 2.50. The van der Waals surface area contributed by atoms with E-state index in [0.717, 1.165) is 31.6 Å². The third-order valence-corrected chi connectivity index (χ3v) is 5.04. The van der Waals surface area contributed by atoms with Crippen molar-refractivity contribution in [1.29, 1.82) is 0 Å². The van der Waals surface area contributed by atoms with Crippen molar-refractivity contribution in [3.05, 3.63) is 30.3 Å². The van der Waals surface area contributed by atoms with E-state index < -0.39 is 10.0 Å². The Bertz CT molecular complexity index is 460. The van der Waals surface area contributed by atoms with E-state index in [9.17, 15) is 8.42 Å². The Morgan fingerprint density at radius 2 is 1.75 bits per heavy atom. The summed E-state index contributed by atoms with van der Waals surface area (Å²) < 4.78 is 26.2. The smallest absolute Gasteiger partial charge is 0.235 e. The molecule has 0 aromatic heterocycles. The van der Waals surface area contributed by atoms with Crippen LogP contribution in [0.2, 0.25) is 0 Å². The third kappa shape index (κ3) is 5.51. The van der Waals surface area contributed by atoms with E-state index in [1.54, 1.807) is 0 Å². The van der Waals surface area contributed by atoms with Gasteiger partial charge >= 0.3 is 0 Å². The Morgan fingerprint density at radius 1 is 1.05 bits per heavy atom. The van der Waals surface area contributed by atoms with Gasteiger partial charge in [0.2, 0.25) is 10.0 Å². The van der Waals surface area contributed by atoms with Crippen molar-refractivity contribution in [1.82, 2.24) is 5.32 Å². The number of nitrogens with zero attached hydrogens (tertiary/aromatic N) is 1. The van der Waals surface area contributed by atoms with E-state index in [0.29, 0.717) is 13.0 Å². The first-order chi connectivity index (χ1) is 9.61. The largest absolute Gasteiger partial charge is 0.317 e. The van der Waals surface area contributed by atoms with Gasteiger partial charge in [0, 0.05) is 6.54 Å². The second-order valence-electron chi connectivity index (χ2n) is 4.77. The van der Waals surface area contributed by atoms with Gasteiger partial charge in [0.05, 0.1) is 11.4 Å².